The zero-order chi connectivity index (χ0) is 57.9. The number of benzene rings is 3. The summed E-state index contributed by atoms with van der Waals surface area (Å²) in [5, 5.41) is 5.08. The van der Waals surface area contributed by atoms with Gasteiger partial charge in [-0.25, -0.2) is 41.4 Å². The van der Waals surface area contributed by atoms with E-state index in [1.807, 2.05) is 0 Å². The summed E-state index contributed by atoms with van der Waals surface area (Å²) in [5.74, 6) is 7.05. The molecule has 0 radical (unpaired) electrons. The number of aryl methyl sites for hydroxylation is 2. The summed E-state index contributed by atoms with van der Waals surface area (Å²) in [4.78, 5) is 59.7. The number of nitrogens with zero attached hydrogens (tertiary/aromatic N) is 5. The molecule has 1 fully saturated rings. The lowest BCUT2D eigenvalue weighted by Gasteiger charge is -2.39. The van der Waals surface area contributed by atoms with E-state index in [0.29, 0.717) is 59.4 Å². The molecule has 0 aliphatic carbocycles. The first-order chi connectivity index (χ1) is 38.9. The van der Waals surface area contributed by atoms with Crippen molar-refractivity contribution in [3.8, 4) is 23.3 Å². The van der Waals surface area contributed by atoms with Gasteiger partial charge in [-0.05, 0) is 94.0 Å². The van der Waals surface area contributed by atoms with Gasteiger partial charge in [0.15, 0.2) is 0 Å². The molecule has 5 aromatic rings. The average Bonchev–Trinajstić information content (AvgIpc) is 1.23. The number of fused-ring (bicyclic) bond motifs is 5. The Labute approximate surface area is 471 Å². The van der Waals surface area contributed by atoms with E-state index in [1.165, 1.54) is 29.5 Å². The molecule has 2 aromatic heterocycles. The Balaban J connectivity index is 0.749. The summed E-state index contributed by atoms with van der Waals surface area (Å²) in [6.45, 7) is 3.04. The Bertz CT molecular complexity index is 4050. The number of amides is 1. The van der Waals surface area contributed by atoms with Gasteiger partial charge in [0.25, 0.3) is 10.1 Å². The predicted molar refractivity (Wildman–Crippen MR) is 295 cm³/mol. The number of phosphoric ester groups is 1. The molecule has 11 rings (SSSR count). The van der Waals surface area contributed by atoms with E-state index in [-0.39, 0.29) is 48.1 Å². The van der Waals surface area contributed by atoms with E-state index >= 15 is 0 Å². The second-order valence-electron chi connectivity index (χ2n) is 20.8. The molecule has 82 heavy (non-hydrogen) atoms. The minimum Gasteiger partial charge on any atom is -0.455 e. The van der Waals surface area contributed by atoms with Gasteiger partial charge >= 0.3 is 23.5 Å². The van der Waals surface area contributed by atoms with Crippen LogP contribution < -0.4 is 40.6 Å². The Kier molecular flexibility index (Phi) is 16.3. The lowest BCUT2D eigenvalue weighted by Crippen LogP contribution is -2.45. The highest BCUT2D eigenvalue weighted by Gasteiger charge is 2.42. The smallest absolute Gasteiger partial charge is 0.455 e. The van der Waals surface area contributed by atoms with Crippen LogP contribution in [0.5, 0.6) is 11.5 Å². The maximum Gasteiger partial charge on any atom is 0.490 e. The lowest BCUT2D eigenvalue weighted by molar-refractivity contribution is -0.120. The van der Waals surface area contributed by atoms with Gasteiger partial charge in [0.2, 0.25) is 21.3 Å². The number of anilines is 2. The topological polar surface area (TPSA) is 371 Å². The van der Waals surface area contributed by atoms with Crippen LogP contribution in [0.15, 0.2) is 52.6 Å². The van der Waals surface area contributed by atoms with Crippen molar-refractivity contribution in [1.82, 2.24) is 29.1 Å². The van der Waals surface area contributed by atoms with Gasteiger partial charge in [0.05, 0.1) is 45.6 Å². The SMILES string of the molecule is Nc1ncnc2c1c(C#CCNC(=O)CCCCCNS(=O)(=O)c1cc(S(=O)(=O)O)ccc1C1=c3cc4c5c(c3Oc3c1cc1c6c3CCCN6CCC1)CCC[N+]=5CCC4)cn2[C@H]1CC[C@@H](COP(=O)(O)OP(=O)(O)OP(=O)(O)O)O1. The van der Waals surface area contributed by atoms with Crippen LogP contribution in [0, 0.1) is 11.8 Å². The summed E-state index contributed by atoms with van der Waals surface area (Å²) in [6.07, 6.45) is 10.2. The molecular formula is C51H60N8O18P3S2+. The van der Waals surface area contributed by atoms with E-state index < -0.39 is 67.4 Å². The highest BCUT2D eigenvalue weighted by atomic mass is 32.2. The molecule has 6 aliphatic rings. The predicted octanol–water partition coefficient (Wildman–Crippen LogP) is 3.72. The number of unbranched alkanes of at least 4 members (excludes halogenated alkanes) is 2. The van der Waals surface area contributed by atoms with Crippen molar-refractivity contribution < 1.29 is 82.1 Å². The van der Waals surface area contributed by atoms with E-state index in [9.17, 15) is 49.7 Å². The monoisotopic (exact) mass is 1230 g/mol. The van der Waals surface area contributed by atoms with Crippen LogP contribution in [-0.2, 0) is 82.2 Å². The fourth-order valence-corrected chi connectivity index (χ4v) is 17.0. The molecule has 1 saturated heterocycles. The molecule has 31 heteroatoms. The number of phosphoric acid groups is 3. The zero-order valence-corrected chi connectivity index (χ0v) is 48.4. The number of aromatic nitrogens is 3. The number of rotatable bonds is 19. The second-order valence-corrected chi connectivity index (χ2v) is 28.4. The Morgan fingerprint density at radius 1 is 0.866 bits per heavy atom. The first kappa shape index (κ1) is 58.3. The maximum atomic E-state index is 14.7. The van der Waals surface area contributed by atoms with Gasteiger partial charge in [-0.1, -0.05) is 24.3 Å². The average molecular weight is 1230 g/mol. The van der Waals surface area contributed by atoms with Crippen molar-refractivity contribution in [3.63, 3.8) is 0 Å². The van der Waals surface area contributed by atoms with Crippen LogP contribution in [0.4, 0.5) is 11.5 Å². The minimum atomic E-state index is -5.70. The summed E-state index contributed by atoms with van der Waals surface area (Å²) < 4.78 is 132. The van der Waals surface area contributed by atoms with Crippen molar-refractivity contribution >= 4 is 77.6 Å². The number of sulfonamides is 1. The second kappa shape index (κ2) is 22.9. The Morgan fingerprint density at radius 3 is 2.40 bits per heavy atom. The zero-order valence-electron chi connectivity index (χ0n) is 44.1. The standard InChI is InChI=1S/C51H59N8O18P3S2/c52-50-44-33(28-59(51(44)55-30-54-50)43-18-15-34(74-43)29-73-79(64,65)77-80(66,67)76-78(61,62)63)9-4-19-53-42(60)14-2-1-3-20-56-81(68,69)41-27-35(82(70,71)72)16-17-36(41)45-39-25-31-10-5-21-57-23-7-12-37(46(31)57)48(39)75-49-38-13-8-24-58-22-6-11-32(47(38)58)26-40(45)49/h16-17,25-28,30,34,43,56H,1-3,5-8,10-15,18-24,29H2,(H7-,52,53,54,55,60,61,62,63,64,65,66,67,70,71,72)/p+1/t34-,43+/m0/s1. The highest BCUT2D eigenvalue weighted by Crippen LogP contribution is 2.66. The summed E-state index contributed by atoms with van der Waals surface area (Å²) in [6, 6.07) is 8.02. The van der Waals surface area contributed by atoms with Gasteiger partial charge in [-0.2, -0.15) is 17.0 Å². The van der Waals surface area contributed by atoms with E-state index in [2.05, 4.69) is 62.1 Å². The molecule has 438 valence electrons. The molecule has 26 nitrogen and oxygen atoms in total. The van der Waals surface area contributed by atoms with Gasteiger partial charge in [-0.3, -0.25) is 13.9 Å². The van der Waals surface area contributed by atoms with Gasteiger partial charge in [0, 0.05) is 83.8 Å². The molecule has 0 spiro atoms. The van der Waals surface area contributed by atoms with Crippen molar-refractivity contribution in [2.45, 2.75) is 112 Å². The van der Waals surface area contributed by atoms with Crippen LogP contribution in [0.25, 0.3) is 16.6 Å². The number of hydrogen-bond donors (Lipinski definition) is 8. The molecule has 9 N–H and O–H groups in total. The minimum absolute atomic E-state index is 0.0351. The third-order valence-electron chi connectivity index (χ3n) is 15.3. The summed E-state index contributed by atoms with van der Waals surface area (Å²) in [5.41, 5.74) is 14.3. The van der Waals surface area contributed by atoms with Crippen molar-refractivity contribution in [2.24, 2.45) is 0 Å². The number of ether oxygens (including phenoxy) is 2. The Morgan fingerprint density at radius 2 is 1.62 bits per heavy atom. The van der Waals surface area contributed by atoms with Gasteiger partial charge in [-0.15, -0.1) is 0 Å². The molecule has 4 atom stereocenters. The summed E-state index contributed by atoms with van der Waals surface area (Å²) >= 11 is 0. The highest BCUT2D eigenvalue weighted by molar-refractivity contribution is 7.89. The summed E-state index contributed by atoms with van der Waals surface area (Å²) in [7, 11) is -25.9. The third kappa shape index (κ3) is 12.2. The first-order valence-corrected chi connectivity index (χ1v) is 34.2. The fourth-order valence-electron chi connectivity index (χ4n) is 12.1. The number of nitrogens with one attached hydrogen (secondary N) is 2. The Hall–Kier alpha value is -5.43. The molecule has 3 aromatic carbocycles. The van der Waals surface area contributed by atoms with Crippen molar-refractivity contribution in [2.75, 3.05) is 56.5 Å². The van der Waals surface area contributed by atoms with Crippen molar-refractivity contribution in [1.29, 1.82) is 0 Å². The molecular weight excluding hydrogens is 1170 g/mol. The molecule has 0 saturated carbocycles. The fraction of sp³-hybridized carbons (Fsp3) is 0.451. The molecule has 6 aliphatic heterocycles. The molecule has 2 unspecified atom stereocenters. The normalized spacial score (nSPS) is 19.9. The molecule has 1 amide bonds. The van der Waals surface area contributed by atoms with E-state index in [0.717, 1.165) is 117 Å². The lowest BCUT2D eigenvalue weighted by atomic mass is 9.82. The number of carbonyl (C=O) groups excluding carboxylic acids is 1. The third-order valence-corrected chi connectivity index (χ3v) is 21.5. The van der Waals surface area contributed by atoms with E-state index in [4.69, 9.17) is 29.5 Å². The number of nitrogens with two attached hydrogens (primary N) is 1. The van der Waals surface area contributed by atoms with Crippen LogP contribution in [-0.4, -0.2) is 113 Å². The quantitative estimate of drug-likeness (QED) is 0.0188. The maximum absolute atomic E-state index is 14.7. The number of carbonyl (C=O) groups is 1. The van der Waals surface area contributed by atoms with Gasteiger partial charge < -0.3 is 49.6 Å². The molecule has 8 heterocycles. The van der Waals surface area contributed by atoms with Crippen LogP contribution in [0.1, 0.15) is 109 Å². The molecule has 0 bridgehead atoms. The van der Waals surface area contributed by atoms with Crippen LogP contribution in [0.2, 0.25) is 0 Å². The number of hydrogen-bond acceptors (Lipinski definition) is 17. The van der Waals surface area contributed by atoms with Crippen LogP contribution in [0.3, 0.4) is 0 Å². The number of nitrogen functional groups attached to an aromatic ring is 1. The largest absolute Gasteiger partial charge is 0.490 e. The van der Waals surface area contributed by atoms with E-state index in [1.54, 1.807) is 10.8 Å². The van der Waals surface area contributed by atoms with Crippen molar-refractivity contribution in [3.05, 3.63) is 92.4 Å². The van der Waals surface area contributed by atoms with Gasteiger partial charge in [0.1, 0.15) is 48.6 Å². The first-order valence-electron chi connectivity index (χ1n) is 26.8. The van der Waals surface area contributed by atoms with Crippen LogP contribution >= 0.6 is 23.5 Å².